The quantitative estimate of drug-likeness (QED) is 0.596. The molecule has 1 atom stereocenters. The van der Waals surface area contributed by atoms with Gasteiger partial charge >= 0.3 is 12.2 Å². The van der Waals surface area contributed by atoms with Crippen LogP contribution >= 0.6 is 11.6 Å². The van der Waals surface area contributed by atoms with Crippen LogP contribution in [-0.2, 0) is 23.1 Å². The van der Waals surface area contributed by atoms with Crippen molar-refractivity contribution in [1.82, 2.24) is 20.4 Å². The number of amides is 3. The highest BCUT2D eigenvalue weighted by molar-refractivity contribution is 6.30. The molecule has 2 aromatic carbocycles. The van der Waals surface area contributed by atoms with Gasteiger partial charge in [-0.2, -0.15) is 18.2 Å². The molecule has 31 heavy (non-hydrogen) atoms. The van der Waals surface area contributed by atoms with Crippen molar-refractivity contribution in [3.05, 3.63) is 70.6 Å². The van der Waals surface area contributed by atoms with Crippen molar-refractivity contribution in [2.75, 3.05) is 0 Å². The van der Waals surface area contributed by atoms with Crippen LogP contribution in [0.5, 0.6) is 0 Å². The second-order valence-corrected chi connectivity index (χ2v) is 7.48. The third-order valence-corrected chi connectivity index (χ3v) is 5.18. The third-order valence-electron chi connectivity index (χ3n) is 4.93. The molecular formula is C20H14ClF3N4O3. The summed E-state index contributed by atoms with van der Waals surface area (Å²) in [5, 5.41) is 6.85. The highest BCUT2D eigenvalue weighted by atomic mass is 35.5. The number of carbonyl (C=O) groups excluding carboxylic acids is 2. The van der Waals surface area contributed by atoms with Gasteiger partial charge in [-0.05, 0) is 36.8 Å². The highest BCUT2D eigenvalue weighted by Gasteiger charge is 2.49. The number of aromatic nitrogens is 2. The van der Waals surface area contributed by atoms with Crippen LogP contribution < -0.4 is 5.32 Å². The number of nitrogens with one attached hydrogen (secondary N) is 1. The molecule has 1 N–H and O–H groups in total. The Labute approximate surface area is 178 Å². The van der Waals surface area contributed by atoms with Gasteiger partial charge in [0, 0.05) is 10.6 Å². The standard InChI is InChI=1S/C20H14ClF3N4O3/c1-19(12-6-8-14(21)9-7-12)17(29)28(18(30)26-19)10-15-25-16(27-31-15)11-2-4-13(5-3-11)20(22,23)24/h2-9H,10H2,1H3,(H,26,30). The minimum atomic E-state index is -4.46. The third kappa shape index (κ3) is 3.86. The van der Waals surface area contributed by atoms with Gasteiger partial charge in [0.1, 0.15) is 12.1 Å². The molecule has 0 aliphatic carbocycles. The van der Waals surface area contributed by atoms with Gasteiger partial charge in [0.15, 0.2) is 0 Å². The van der Waals surface area contributed by atoms with Gasteiger partial charge in [-0.1, -0.05) is 41.0 Å². The predicted octanol–water partition coefficient (Wildman–Crippen LogP) is 4.38. The zero-order valence-corrected chi connectivity index (χ0v) is 16.7. The molecule has 0 radical (unpaired) electrons. The predicted molar refractivity (Wildman–Crippen MR) is 103 cm³/mol. The fourth-order valence-corrected chi connectivity index (χ4v) is 3.33. The lowest BCUT2D eigenvalue weighted by Gasteiger charge is -2.22. The van der Waals surface area contributed by atoms with Crippen LogP contribution in [-0.4, -0.2) is 27.0 Å². The zero-order valence-electron chi connectivity index (χ0n) is 15.9. The molecule has 1 aliphatic heterocycles. The summed E-state index contributed by atoms with van der Waals surface area (Å²) in [6.45, 7) is 1.28. The number of alkyl halides is 3. The largest absolute Gasteiger partial charge is 0.416 e. The van der Waals surface area contributed by atoms with Crippen molar-refractivity contribution >= 4 is 23.5 Å². The van der Waals surface area contributed by atoms with E-state index in [2.05, 4.69) is 15.5 Å². The van der Waals surface area contributed by atoms with E-state index in [1.807, 2.05) is 0 Å². The molecule has 1 unspecified atom stereocenters. The minimum absolute atomic E-state index is 0.0382. The number of halogens is 4. The van der Waals surface area contributed by atoms with Gasteiger partial charge in [-0.3, -0.25) is 9.69 Å². The highest BCUT2D eigenvalue weighted by Crippen LogP contribution is 2.32. The van der Waals surface area contributed by atoms with Crippen LogP contribution in [0, 0.1) is 0 Å². The van der Waals surface area contributed by atoms with E-state index in [4.69, 9.17) is 16.1 Å². The fourth-order valence-electron chi connectivity index (χ4n) is 3.20. The van der Waals surface area contributed by atoms with E-state index in [0.717, 1.165) is 17.0 Å². The molecule has 160 valence electrons. The number of rotatable bonds is 4. The van der Waals surface area contributed by atoms with Crippen molar-refractivity contribution in [2.24, 2.45) is 0 Å². The number of carbonyl (C=O) groups is 2. The summed E-state index contributed by atoms with van der Waals surface area (Å²) in [5.41, 5.74) is -1.25. The summed E-state index contributed by atoms with van der Waals surface area (Å²) >= 11 is 5.88. The lowest BCUT2D eigenvalue weighted by molar-refractivity contribution is -0.137. The zero-order chi connectivity index (χ0) is 22.4. The van der Waals surface area contributed by atoms with E-state index < -0.39 is 29.2 Å². The number of urea groups is 1. The minimum Gasteiger partial charge on any atom is -0.337 e. The molecule has 1 aromatic heterocycles. The Kier molecular flexibility index (Phi) is 4.97. The monoisotopic (exact) mass is 450 g/mol. The van der Waals surface area contributed by atoms with Gasteiger partial charge in [0.2, 0.25) is 11.7 Å². The van der Waals surface area contributed by atoms with Crippen molar-refractivity contribution in [2.45, 2.75) is 25.2 Å². The number of nitrogens with zero attached hydrogens (tertiary/aromatic N) is 3. The molecule has 1 aliphatic rings. The average Bonchev–Trinajstić information content (AvgIpc) is 3.27. The first-order valence-corrected chi connectivity index (χ1v) is 9.36. The van der Waals surface area contributed by atoms with E-state index in [1.54, 1.807) is 31.2 Å². The van der Waals surface area contributed by atoms with Gasteiger partial charge in [0.05, 0.1) is 5.56 Å². The van der Waals surface area contributed by atoms with Crippen LogP contribution in [0.2, 0.25) is 5.02 Å². The van der Waals surface area contributed by atoms with E-state index >= 15 is 0 Å². The molecule has 3 aromatic rings. The summed E-state index contributed by atoms with van der Waals surface area (Å²) in [6, 6.07) is 10.1. The molecule has 0 bridgehead atoms. The number of hydrogen-bond donors (Lipinski definition) is 1. The van der Waals surface area contributed by atoms with Crippen molar-refractivity contribution < 1.29 is 27.3 Å². The smallest absolute Gasteiger partial charge is 0.337 e. The van der Waals surface area contributed by atoms with Crippen molar-refractivity contribution in [3.8, 4) is 11.4 Å². The summed E-state index contributed by atoms with van der Waals surface area (Å²) in [7, 11) is 0. The summed E-state index contributed by atoms with van der Waals surface area (Å²) in [6.07, 6.45) is -4.46. The van der Waals surface area contributed by atoms with Crippen LogP contribution in [0.1, 0.15) is 23.9 Å². The van der Waals surface area contributed by atoms with Crippen LogP contribution in [0.15, 0.2) is 53.1 Å². The van der Waals surface area contributed by atoms with Gasteiger partial charge < -0.3 is 9.84 Å². The Bertz CT molecular complexity index is 1150. The molecular weight excluding hydrogens is 437 g/mol. The normalized spacial score (nSPS) is 19.1. The van der Waals surface area contributed by atoms with Crippen molar-refractivity contribution in [3.63, 3.8) is 0 Å². The van der Waals surface area contributed by atoms with E-state index in [9.17, 15) is 22.8 Å². The lowest BCUT2D eigenvalue weighted by atomic mass is 9.92. The van der Waals surface area contributed by atoms with Gasteiger partial charge in [-0.15, -0.1) is 0 Å². The number of imide groups is 1. The molecule has 1 fully saturated rings. The topological polar surface area (TPSA) is 88.3 Å². The molecule has 3 amide bonds. The van der Waals surface area contributed by atoms with E-state index in [-0.39, 0.29) is 18.3 Å². The second-order valence-electron chi connectivity index (χ2n) is 7.04. The average molecular weight is 451 g/mol. The Morgan fingerprint density at radius 3 is 2.35 bits per heavy atom. The number of hydrogen-bond acceptors (Lipinski definition) is 5. The Morgan fingerprint density at radius 1 is 1.10 bits per heavy atom. The summed E-state index contributed by atoms with van der Waals surface area (Å²) in [4.78, 5) is 30.4. The first kappa shape index (κ1) is 20.9. The van der Waals surface area contributed by atoms with E-state index in [1.165, 1.54) is 12.1 Å². The first-order chi connectivity index (χ1) is 14.6. The molecule has 2 heterocycles. The lowest BCUT2D eigenvalue weighted by Crippen LogP contribution is -2.40. The molecule has 11 heteroatoms. The van der Waals surface area contributed by atoms with Crippen LogP contribution in [0.3, 0.4) is 0 Å². The Balaban J connectivity index is 1.52. The maximum Gasteiger partial charge on any atom is 0.416 e. The molecule has 0 saturated carbocycles. The molecule has 1 saturated heterocycles. The van der Waals surface area contributed by atoms with Gasteiger partial charge in [-0.25, -0.2) is 4.79 Å². The van der Waals surface area contributed by atoms with E-state index in [0.29, 0.717) is 16.1 Å². The maximum absolute atomic E-state index is 12.9. The SMILES string of the molecule is CC1(c2ccc(Cl)cc2)NC(=O)N(Cc2nc(-c3ccc(C(F)(F)F)cc3)no2)C1=O. The molecule has 4 rings (SSSR count). The fraction of sp³-hybridized carbons (Fsp3) is 0.200. The second kappa shape index (κ2) is 7.38. The van der Waals surface area contributed by atoms with Crippen LogP contribution in [0.4, 0.5) is 18.0 Å². The Hall–Kier alpha value is -3.40. The first-order valence-electron chi connectivity index (χ1n) is 8.98. The molecule has 7 nitrogen and oxygen atoms in total. The van der Waals surface area contributed by atoms with Crippen molar-refractivity contribution in [1.29, 1.82) is 0 Å². The Morgan fingerprint density at radius 2 is 1.74 bits per heavy atom. The maximum atomic E-state index is 12.9. The van der Waals surface area contributed by atoms with Crippen LogP contribution in [0.25, 0.3) is 11.4 Å². The van der Waals surface area contributed by atoms with Gasteiger partial charge in [0.25, 0.3) is 5.91 Å². The number of benzene rings is 2. The summed E-state index contributed by atoms with van der Waals surface area (Å²) < 4.78 is 43.2. The summed E-state index contributed by atoms with van der Waals surface area (Å²) in [5.74, 6) is -0.524. The molecule has 0 spiro atoms.